The summed E-state index contributed by atoms with van der Waals surface area (Å²) in [7, 11) is -3.88. The highest BCUT2D eigenvalue weighted by molar-refractivity contribution is 7.89. The number of carbonyl (C=O) groups excluding carboxylic acids is 1. The van der Waals surface area contributed by atoms with E-state index in [2.05, 4.69) is 4.72 Å². The topological polar surface area (TPSA) is 101 Å². The summed E-state index contributed by atoms with van der Waals surface area (Å²) in [6.45, 7) is 1.93. The Balaban J connectivity index is 1.96. The van der Waals surface area contributed by atoms with Crippen LogP contribution < -0.4 is 4.72 Å². The molecule has 2 aromatic carbocycles. The van der Waals surface area contributed by atoms with Gasteiger partial charge in [0, 0.05) is 28.6 Å². The first-order chi connectivity index (χ1) is 15.7. The molecule has 8 heteroatoms. The first-order valence-electron chi connectivity index (χ1n) is 11.4. The first-order valence-corrected chi connectivity index (χ1v) is 13.2. The normalized spacial score (nSPS) is 12.4. The van der Waals surface area contributed by atoms with Gasteiger partial charge in [0.2, 0.25) is 10.0 Å². The fraction of sp³-hybridized carbons (Fsp3) is 0.440. The zero-order valence-corrected chi connectivity index (χ0v) is 20.5. The van der Waals surface area contributed by atoms with E-state index in [0.717, 1.165) is 32.1 Å². The van der Waals surface area contributed by atoms with Crippen LogP contribution in [0.4, 0.5) is 0 Å². The summed E-state index contributed by atoms with van der Waals surface area (Å²) in [5.41, 5.74) is 0.501. The van der Waals surface area contributed by atoms with Crippen molar-refractivity contribution in [1.29, 1.82) is 0 Å². The summed E-state index contributed by atoms with van der Waals surface area (Å²) >= 11 is 5.90. The second kappa shape index (κ2) is 13.5. The van der Waals surface area contributed by atoms with Crippen LogP contribution >= 0.6 is 11.6 Å². The van der Waals surface area contributed by atoms with Crippen molar-refractivity contribution in [3.05, 3.63) is 64.7 Å². The molecule has 2 N–H and O–H groups in total. The van der Waals surface area contributed by atoms with Crippen molar-refractivity contribution < 1.29 is 23.1 Å². The zero-order chi connectivity index (χ0) is 24.3. The molecule has 0 aliphatic carbocycles. The fourth-order valence-corrected chi connectivity index (χ4v) is 5.33. The molecule has 2 rings (SSSR count). The standard InChI is InChI=1S/C25H32ClNO5S/c1-2-21(11-7-5-3-4-6-8-14-24(28)29)27-33(31,32)23-13-10-9-12-22(23)25(30)19-15-17-20(26)18-16-19/h9-10,12-13,15-18,21,27H,2-8,11,14H2,1H3,(H,28,29). The highest BCUT2D eigenvalue weighted by Crippen LogP contribution is 2.22. The lowest BCUT2D eigenvalue weighted by atomic mass is 10.0. The van der Waals surface area contributed by atoms with Gasteiger partial charge in [-0.3, -0.25) is 9.59 Å². The van der Waals surface area contributed by atoms with Gasteiger partial charge >= 0.3 is 5.97 Å². The lowest BCUT2D eigenvalue weighted by molar-refractivity contribution is -0.137. The van der Waals surface area contributed by atoms with Gasteiger partial charge in [0.05, 0.1) is 4.90 Å². The van der Waals surface area contributed by atoms with Gasteiger partial charge in [-0.05, 0) is 55.7 Å². The van der Waals surface area contributed by atoms with Crippen molar-refractivity contribution >= 4 is 33.4 Å². The van der Waals surface area contributed by atoms with Gasteiger partial charge in [-0.2, -0.15) is 0 Å². The van der Waals surface area contributed by atoms with Gasteiger partial charge in [-0.15, -0.1) is 0 Å². The van der Waals surface area contributed by atoms with Gasteiger partial charge in [-0.25, -0.2) is 13.1 Å². The summed E-state index contributed by atoms with van der Waals surface area (Å²) in [6.07, 6.45) is 6.99. The van der Waals surface area contributed by atoms with Crippen LogP contribution in [0.25, 0.3) is 0 Å². The van der Waals surface area contributed by atoms with E-state index in [9.17, 15) is 18.0 Å². The first kappa shape index (κ1) is 27.0. The zero-order valence-electron chi connectivity index (χ0n) is 18.9. The number of aliphatic carboxylic acids is 1. The maximum absolute atomic E-state index is 13.1. The number of carboxylic acid groups (broad SMARTS) is 1. The molecular formula is C25H32ClNO5S. The van der Waals surface area contributed by atoms with Crippen molar-refractivity contribution in [2.45, 2.75) is 75.6 Å². The number of benzene rings is 2. The predicted molar refractivity (Wildman–Crippen MR) is 130 cm³/mol. The average Bonchev–Trinajstić information content (AvgIpc) is 2.79. The molecule has 1 unspecified atom stereocenters. The number of hydrogen-bond acceptors (Lipinski definition) is 4. The van der Waals surface area contributed by atoms with Crippen LogP contribution in [0.3, 0.4) is 0 Å². The van der Waals surface area contributed by atoms with Crippen LogP contribution in [0.15, 0.2) is 53.4 Å². The summed E-state index contributed by atoms with van der Waals surface area (Å²) in [5.74, 6) is -1.13. The minimum atomic E-state index is -3.88. The molecule has 2 aromatic rings. The SMILES string of the molecule is CCC(CCCCCCCCC(=O)O)NS(=O)(=O)c1ccccc1C(=O)c1ccc(Cl)cc1. The van der Waals surface area contributed by atoms with Crippen LogP contribution in [0.2, 0.25) is 5.02 Å². The highest BCUT2D eigenvalue weighted by atomic mass is 35.5. The number of sulfonamides is 1. The fourth-order valence-electron chi connectivity index (χ4n) is 3.65. The number of hydrogen-bond donors (Lipinski definition) is 2. The van der Waals surface area contributed by atoms with Gasteiger partial charge in [0.25, 0.3) is 0 Å². The molecule has 0 saturated heterocycles. The van der Waals surface area contributed by atoms with E-state index in [1.165, 1.54) is 12.1 Å². The molecule has 33 heavy (non-hydrogen) atoms. The maximum Gasteiger partial charge on any atom is 0.303 e. The molecule has 1 atom stereocenters. The lowest BCUT2D eigenvalue weighted by Gasteiger charge is -2.18. The smallest absolute Gasteiger partial charge is 0.303 e. The number of carboxylic acids is 1. The molecule has 6 nitrogen and oxygen atoms in total. The van der Waals surface area contributed by atoms with E-state index in [0.29, 0.717) is 29.8 Å². The monoisotopic (exact) mass is 493 g/mol. The Morgan fingerprint density at radius 2 is 1.55 bits per heavy atom. The number of unbranched alkanes of at least 4 members (excludes halogenated alkanes) is 5. The molecule has 0 aliphatic heterocycles. The number of rotatable bonds is 15. The summed E-state index contributed by atoms with van der Waals surface area (Å²) < 4.78 is 29.1. The maximum atomic E-state index is 13.1. The minimum absolute atomic E-state index is 0.0261. The Kier molecular flexibility index (Phi) is 11.0. The molecule has 0 amide bonds. The van der Waals surface area contributed by atoms with E-state index in [1.807, 2.05) is 6.92 Å². The number of ketones is 1. The van der Waals surface area contributed by atoms with Crippen LogP contribution in [0, 0.1) is 0 Å². The molecule has 0 radical (unpaired) electrons. The van der Waals surface area contributed by atoms with Crippen molar-refractivity contribution in [3.8, 4) is 0 Å². The largest absolute Gasteiger partial charge is 0.481 e. The van der Waals surface area contributed by atoms with Crippen LogP contribution in [-0.4, -0.2) is 31.3 Å². The van der Waals surface area contributed by atoms with E-state index in [-0.39, 0.29) is 28.7 Å². The molecule has 0 spiro atoms. The molecule has 0 bridgehead atoms. The van der Waals surface area contributed by atoms with E-state index >= 15 is 0 Å². The summed E-state index contributed by atoms with van der Waals surface area (Å²) in [4.78, 5) is 23.5. The summed E-state index contributed by atoms with van der Waals surface area (Å²) in [5, 5.41) is 9.15. The average molecular weight is 494 g/mol. The number of carbonyl (C=O) groups is 2. The van der Waals surface area contributed by atoms with Crippen molar-refractivity contribution in [2.75, 3.05) is 0 Å². The van der Waals surface area contributed by atoms with Crippen molar-refractivity contribution in [3.63, 3.8) is 0 Å². The molecule has 0 fully saturated rings. The quantitative estimate of drug-likeness (QED) is 0.240. The third-order valence-electron chi connectivity index (χ3n) is 5.54. The molecule has 0 heterocycles. The van der Waals surface area contributed by atoms with E-state index in [4.69, 9.17) is 16.7 Å². The minimum Gasteiger partial charge on any atom is -0.481 e. The molecule has 180 valence electrons. The third kappa shape index (κ3) is 8.91. The van der Waals surface area contributed by atoms with E-state index in [1.54, 1.807) is 36.4 Å². The second-order valence-electron chi connectivity index (χ2n) is 8.11. The Hall–Kier alpha value is -2.22. The third-order valence-corrected chi connectivity index (χ3v) is 7.37. The van der Waals surface area contributed by atoms with Crippen molar-refractivity contribution in [1.82, 2.24) is 4.72 Å². The second-order valence-corrected chi connectivity index (χ2v) is 10.2. The van der Waals surface area contributed by atoms with Crippen LogP contribution in [0.1, 0.15) is 80.6 Å². The Morgan fingerprint density at radius 1 is 0.939 bits per heavy atom. The number of halogens is 1. The summed E-state index contributed by atoms with van der Waals surface area (Å²) in [6, 6.07) is 12.4. The number of nitrogens with one attached hydrogen (secondary N) is 1. The molecule has 0 saturated carbocycles. The Bertz CT molecular complexity index is 1020. The highest BCUT2D eigenvalue weighted by Gasteiger charge is 2.25. The van der Waals surface area contributed by atoms with E-state index < -0.39 is 16.0 Å². The van der Waals surface area contributed by atoms with Gasteiger partial charge in [-0.1, -0.05) is 62.8 Å². The van der Waals surface area contributed by atoms with Crippen LogP contribution in [0.5, 0.6) is 0 Å². The predicted octanol–water partition coefficient (Wildman–Crippen LogP) is 5.83. The van der Waals surface area contributed by atoms with Crippen LogP contribution in [-0.2, 0) is 14.8 Å². The van der Waals surface area contributed by atoms with Crippen molar-refractivity contribution in [2.24, 2.45) is 0 Å². The Morgan fingerprint density at radius 3 is 2.18 bits per heavy atom. The molecule has 0 aliphatic rings. The van der Waals surface area contributed by atoms with Gasteiger partial charge in [0.15, 0.2) is 5.78 Å². The Labute approximate surface area is 201 Å². The molecular weight excluding hydrogens is 462 g/mol. The molecule has 0 aromatic heterocycles. The van der Waals surface area contributed by atoms with Gasteiger partial charge < -0.3 is 5.11 Å². The van der Waals surface area contributed by atoms with Gasteiger partial charge in [0.1, 0.15) is 0 Å². The lowest BCUT2D eigenvalue weighted by Crippen LogP contribution is -2.35.